The highest BCUT2D eigenvalue weighted by molar-refractivity contribution is 4.91. The second kappa shape index (κ2) is 4.72. The minimum Gasteiger partial charge on any atom is -0.314 e. The molecule has 5 nitrogen and oxygen atoms in total. The summed E-state index contributed by atoms with van der Waals surface area (Å²) in [5.74, 6) is 1.96. The van der Waals surface area contributed by atoms with Crippen LogP contribution < -0.4 is 5.32 Å². The average Bonchev–Trinajstić information content (AvgIpc) is 2.56. The van der Waals surface area contributed by atoms with Gasteiger partial charge in [-0.15, -0.1) is 0 Å². The Morgan fingerprint density at radius 1 is 1.33 bits per heavy atom. The van der Waals surface area contributed by atoms with Gasteiger partial charge in [0.25, 0.3) is 0 Å². The number of nitrogens with zero attached hydrogens (tertiary/aromatic N) is 4. The summed E-state index contributed by atoms with van der Waals surface area (Å²) in [7, 11) is 1.97. The van der Waals surface area contributed by atoms with Crippen LogP contribution in [-0.4, -0.2) is 52.4 Å². The number of aromatic nitrogens is 3. The summed E-state index contributed by atoms with van der Waals surface area (Å²) in [6, 6.07) is 0. The van der Waals surface area contributed by atoms with Crippen molar-refractivity contribution in [2.45, 2.75) is 13.3 Å². The molecule has 0 saturated carbocycles. The molecular formula is C10H19N5. The summed E-state index contributed by atoms with van der Waals surface area (Å²) in [6.07, 6.45) is 0.997. The van der Waals surface area contributed by atoms with E-state index in [0.717, 1.165) is 50.8 Å². The number of piperazine rings is 1. The Morgan fingerprint density at radius 2 is 2.07 bits per heavy atom. The highest BCUT2D eigenvalue weighted by atomic mass is 15.3. The second-order valence-corrected chi connectivity index (χ2v) is 4.04. The number of rotatable bonds is 3. The third-order valence-corrected chi connectivity index (χ3v) is 2.82. The smallest absolute Gasteiger partial charge is 0.147 e. The molecule has 0 unspecified atom stereocenters. The summed E-state index contributed by atoms with van der Waals surface area (Å²) in [4.78, 5) is 6.88. The maximum atomic E-state index is 4.40. The fourth-order valence-corrected chi connectivity index (χ4v) is 1.97. The van der Waals surface area contributed by atoms with E-state index < -0.39 is 0 Å². The van der Waals surface area contributed by atoms with E-state index in [9.17, 15) is 0 Å². The third-order valence-electron chi connectivity index (χ3n) is 2.82. The lowest BCUT2D eigenvalue weighted by Crippen LogP contribution is -2.44. The van der Waals surface area contributed by atoms with Crippen LogP contribution in [0.3, 0.4) is 0 Å². The largest absolute Gasteiger partial charge is 0.314 e. The molecule has 1 N–H and O–H groups in total. The molecule has 1 saturated heterocycles. The van der Waals surface area contributed by atoms with Crippen molar-refractivity contribution in [3.05, 3.63) is 11.6 Å². The van der Waals surface area contributed by atoms with E-state index in [1.165, 1.54) is 0 Å². The van der Waals surface area contributed by atoms with Crippen LogP contribution in [0.4, 0.5) is 0 Å². The molecule has 1 aromatic rings. The summed E-state index contributed by atoms with van der Waals surface area (Å²) in [5.41, 5.74) is 0. The minimum absolute atomic E-state index is 0.868. The van der Waals surface area contributed by atoms with Crippen molar-refractivity contribution in [3.8, 4) is 0 Å². The summed E-state index contributed by atoms with van der Waals surface area (Å²) in [5, 5.41) is 7.60. The molecule has 1 aliphatic rings. The number of hydrogen-bond acceptors (Lipinski definition) is 4. The van der Waals surface area contributed by atoms with Crippen molar-refractivity contribution < 1.29 is 0 Å². The number of hydrogen-bond donors (Lipinski definition) is 1. The first-order valence-corrected chi connectivity index (χ1v) is 5.55. The first kappa shape index (κ1) is 10.6. The van der Waals surface area contributed by atoms with E-state index >= 15 is 0 Å². The highest BCUT2D eigenvalue weighted by Crippen LogP contribution is 2.00. The Kier molecular flexibility index (Phi) is 3.33. The van der Waals surface area contributed by atoms with Gasteiger partial charge in [0.15, 0.2) is 0 Å². The van der Waals surface area contributed by atoms with Crippen LogP contribution in [0.5, 0.6) is 0 Å². The van der Waals surface area contributed by atoms with Gasteiger partial charge in [-0.25, -0.2) is 4.98 Å². The van der Waals surface area contributed by atoms with Crippen molar-refractivity contribution >= 4 is 0 Å². The van der Waals surface area contributed by atoms with Gasteiger partial charge in [0.05, 0.1) is 0 Å². The summed E-state index contributed by atoms with van der Waals surface area (Å²) >= 11 is 0. The third kappa shape index (κ3) is 2.76. The molecule has 0 aliphatic carbocycles. The van der Waals surface area contributed by atoms with Crippen LogP contribution in [0.15, 0.2) is 0 Å². The second-order valence-electron chi connectivity index (χ2n) is 4.04. The fourth-order valence-electron chi connectivity index (χ4n) is 1.97. The molecule has 0 spiro atoms. The van der Waals surface area contributed by atoms with Crippen molar-refractivity contribution in [1.29, 1.82) is 0 Å². The molecular weight excluding hydrogens is 190 g/mol. The predicted molar refractivity (Wildman–Crippen MR) is 58.8 cm³/mol. The van der Waals surface area contributed by atoms with Gasteiger partial charge < -0.3 is 10.2 Å². The zero-order valence-corrected chi connectivity index (χ0v) is 9.53. The summed E-state index contributed by atoms with van der Waals surface area (Å²) < 4.78 is 1.89. The molecule has 5 heteroatoms. The minimum atomic E-state index is 0.868. The summed E-state index contributed by atoms with van der Waals surface area (Å²) in [6.45, 7) is 7.55. The molecule has 15 heavy (non-hydrogen) atoms. The van der Waals surface area contributed by atoms with Crippen LogP contribution >= 0.6 is 0 Å². The lowest BCUT2D eigenvalue weighted by Gasteiger charge is -2.26. The molecule has 0 aromatic carbocycles. The van der Waals surface area contributed by atoms with E-state index in [2.05, 4.69) is 20.3 Å². The van der Waals surface area contributed by atoms with Crippen LogP contribution in [0.1, 0.15) is 11.6 Å². The number of aryl methyl sites for hydroxylation is 2. The molecule has 0 radical (unpaired) electrons. The van der Waals surface area contributed by atoms with E-state index in [0.29, 0.717) is 0 Å². The Hall–Kier alpha value is -0.940. The maximum absolute atomic E-state index is 4.40. The zero-order valence-electron chi connectivity index (χ0n) is 9.53. The molecule has 2 rings (SSSR count). The molecule has 0 amide bonds. The molecule has 1 fully saturated rings. The SMILES string of the molecule is Cc1nc(CCN2CCNCC2)n(C)n1. The van der Waals surface area contributed by atoms with Gasteiger partial charge in [0.1, 0.15) is 11.6 Å². The first-order chi connectivity index (χ1) is 7.25. The van der Waals surface area contributed by atoms with Gasteiger partial charge in [-0.05, 0) is 6.92 Å². The Labute approximate surface area is 90.5 Å². The Balaban J connectivity index is 1.84. The van der Waals surface area contributed by atoms with Crippen molar-refractivity contribution in [2.75, 3.05) is 32.7 Å². The maximum Gasteiger partial charge on any atom is 0.147 e. The van der Waals surface area contributed by atoms with E-state index in [1.807, 2.05) is 18.7 Å². The lowest BCUT2D eigenvalue weighted by atomic mass is 10.3. The zero-order chi connectivity index (χ0) is 10.7. The molecule has 1 aromatic heterocycles. The van der Waals surface area contributed by atoms with Gasteiger partial charge in [0, 0.05) is 46.2 Å². The normalized spacial score (nSPS) is 18.3. The van der Waals surface area contributed by atoms with Gasteiger partial charge in [-0.3, -0.25) is 4.68 Å². The van der Waals surface area contributed by atoms with Crippen molar-refractivity contribution in [2.24, 2.45) is 7.05 Å². The van der Waals surface area contributed by atoms with E-state index in [4.69, 9.17) is 0 Å². The fraction of sp³-hybridized carbons (Fsp3) is 0.800. The van der Waals surface area contributed by atoms with Crippen molar-refractivity contribution in [1.82, 2.24) is 25.0 Å². The Morgan fingerprint density at radius 3 is 2.67 bits per heavy atom. The van der Waals surface area contributed by atoms with E-state index in [1.54, 1.807) is 0 Å². The Bertz CT molecular complexity index is 314. The van der Waals surface area contributed by atoms with Crippen LogP contribution in [0.25, 0.3) is 0 Å². The molecule has 0 atom stereocenters. The van der Waals surface area contributed by atoms with E-state index in [-0.39, 0.29) is 0 Å². The molecule has 2 heterocycles. The average molecular weight is 209 g/mol. The van der Waals surface area contributed by atoms with Gasteiger partial charge >= 0.3 is 0 Å². The van der Waals surface area contributed by atoms with Gasteiger partial charge in [0.2, 0.25) is 0 Å². The topological polar surface area (TPSA) is 46.0 Å². The first-order valence-electron chi connectivity index (χ1n) is 5.55. The van der Waals surface area contributed by atoms with Gasteiger partial charge in [-0.2, -0.15) is 5.10 Å². The van der Waals surface area contributed by atoms with Crippen LogP contribution in [0.2, 0.25) is 0 Å². The molecule has 0 bridgehead atoms. The van der Waals surface area contributed by atoms with Gasteiger partial charge in [-0.1, -0.05) is 0 Å². The predicted octanol–water partition coefficient (Wildman–Crippen LogP) is -0.429. The molecule has 84 valence electrons. The quantitative estimate of drug-likeness (QED) is 0.734. The van der Waals surface area contributed by atoms with Crippen molar-refractivity contribution in [3.63, 3.8) is 0 Å². The monoisotopic (exact) mass is 209 g/mol. The molecule has 1 aliphatic heterocycles. The van der Waals surface area contributed by atoms with Crippen LogP contribution in [-0.2, 0) is 13.5 Å². The standard InChI is InChI=1S/C10H19N5/c1-9-12-10(14(2)13-9)3-6-15-7-4-11-5-8-15/h11H,3-8H2,1-2H3. The lowest BCUT2D eigenvalue weighted by molar-refractivity contribution is 0.241. The highest BCUT2D eigenvalue weighted by Gasteiger charge is 2.11. The van der Waals surface area contributed by atoms with Crippen LogP contribution in [0, 0.1) is 6.92 Å². The number of nitrogens with one attached hydrogen (secondary N) is 1.